The molecule has 0 amide bonds. The summed E-state index contributed by atoms with van der Waals surface area (Å²) in [5.74, 6) is 2.00. The van der Waals surface area contributed by atoms with Gasteiger partial charge in [-0.2, -0.15) is 0 Å². The van der Waals surface area contributed by atoms with Crippen molar-refractivity contribution in [3.8, 4) is 12.3 Å². The van der Waals surface area contributed by atoms with Crippen LogP contribution < -0.4 is 0 Å². The first-order chi connectivity index (χ1) is 15.0. The molecule has 1 atom stereocenters. The first-order valence-corrected chi connectivity index (χ1v) is 10.4. The van der Waals surface area contributed by atoms with Crippen molar-refractivity contribution in [1.29, 1.82) is 0 Å². The number of aldehydes is 1. The van der Waals surface area contributed by atoms with E-state index in [0.717, 1.165) is 11.8 Å². The molecular formula is C25H29ClN2O4. The molecule has 2 aromatic rings. The molecule has 0 spiro atoms. The van der Waals surface area contributed by atoms with Crippen molar-refractivity contribution < 1.29 is 19.1 Å². The lowest BCUT2D eigenvalue weighted by Gasteiger charge is -2.32. The van der Waals surface area contributed by atoms with Crippen LogP contribution in [-0.4, -0.2) is 54.6 Å². The van der Waals surface area contributed by atoms with Crippen LogP contribution in [0, 0.1) is 12.3 Å². The molecule has 0 radical (unpaired) electrons. The van der Waals surface area contributed by atoms with Gasteiger partial charge in [-0.1, -0.05) is 29.7 Å². The lowest BCUT2D eigenvalue weighted by molar-refractivity contribution is -0.160. The summed E-state index contributed by atoms with van der Waals surface area (Å²) in [7, 11) is 4.94. The Labute approximate surface area is 194 Å². The van der Waals surface area contributed by atoms with Gasteiger partial charge in [0.2, 0.25) is 0 Å². The standard InChI is InChI=1S/C25H29ClN2O4/c1-8-14-28-15-13-19(20(28)16-29)21(17-9-11-18(26)12-10-17)22(27(5)6)23(24(30)31-7)32-25(2,3)4/h1,9-13,15-16,23H,14H2,2-7H3/b22-21-. The Kier molecular flexibility index (Phi) is 8.31. The second-order valence-corrected chi connectivity index (χ2v) is 8.80. The van der Waals surface area contributed by atoms with Crippen LogP contribution in [0.4, 0.5) is 0 Å². The van der Waals surface area contributed by atoms with Gasteiger partial charge in [-0.3, -0.25) is 4.79 Å². The monoisotopic (exact) mass is 456 g/mol. The average Bonchev–Trinajstić information content (AvgIpc) is 3.12. The Bertz CT molecular complexity index is 1040. The third-order valence-electron chi connectivity index (χ3n) is 4.65. The minimum atomic E-state index is -1.05. The number of rotatable bonds is 8. The predicted molar refractivity (Wildman–Crippen MR) is 126 cm³/mol. The molecule has 0 aliphatic rings. The molecule has 2 rings (SSSR count). The quantitative estimate of drug-likeness (QED) is 0.337. The zero-order chi connectivity index (χ0) is 24.1. The molecule has 1 unspecified atom stereocenters. The Balaban J connectivity index is 2.96. The number of methoxy groups -OCH3 is 1. The van der Waals surface area contributed by atoms with E-state index >= 15 is 0 Å². The summed E-state index contributed by atoms with van der Waals surface area (Å²) in [4.78, 5) is 26.8. The lowest BCUT2D eigenvalue weighted by Crippen LogP contribution is -2.40. The molecule has 0 N–H and O–H groups in total. The molecule has 1 heterocycles. The number of ether oxygens (including phenoxy) is 2. The second kappa shape index (κ2) is 10.5. The van der Waals surface area contributed by atoms with Crippen molar-refractivity contribution in [3.63, 3.8) is 0 Å². The first-order valence-electron chi connectivity index (χ1n) is 10.0. The van der Waals surface area contributed by atoms with E-state index in [1.165, 1.54) is 7.11 Å². The maximum atomic E-state index is 12.9. The fraction of sp³-hybridized carbons (Fsp3) is 0.360. The number of terminal acetylenes is 1. The van der Waals surface area contributed by atoms with Crippen molar-refractivity contribution in [2.75, 3.05) is 21.2 Å². The van der Waals surface area contributed by atoms with Gasteiger partial charge in [0.1, 0.15) is 0 Å². The van der Waals surface area contributed by atoms with Crippen LogP contribution in [0.3, 0.4) is 0 Å². The fourth-order valence-corrected chi connectivity index (χ4v) is 3.51. The van der Waals surface area contributed by atoms with Gasteiger partial charge in [0, 0.05) is 36.5 Å². The third kappa shape index (κ3) is 5.82. The van der Waals surface area contributed by atoms with E-state index in [1.54, 1.807) is 33.9 Å². The Morgan fingerprint density at radius 2 is 1.88 bits per heavy atom. The van der Waals surface area contributed by atoms with Crippen molar-refractivity contribution in [2.24, 2.45) is 0 Å². The molecule has 0 aliphatic carbocycles. The number of likely N-dealkylation sites (N-methyl/N-ethyl adjacent to an activating group) is 1. The van der Waals surface area contributed by atoms with Crippen molar-refractivity contribution >= 4 is 29.4 Å². The summed E-state index contributed by atoms with van der Waals surface area (Å²) < 4.78 is 12.9. The smallest absolute Gasteiger partial charge is 0.341 e. The second-order valence-electron chi connectivity index (χ2n) is 8.36. The lowest BCUT2D eigenvalue weighted by atomic mass is 9.93. The molecule has 0 bridgehead atoms. The highest BCUT2D eigenvalue weighted by Gasteiger charge is 2.34. The van der Waals surface area contributed by atoms with Crippen molar-refractivity contribution in [2.45, 2.75) is 39.0 Å². The van der Waals surface area contributed by atoms with E-state index in [0.29, 0.717) is 27.6 Å². The van der Waals surface area contributed by atoms with Gasteiger partial charge < -0.3 is 18.9 Å². The molecule has 1 aromatic heterocycles. The number of hydrogen-bond donors (Lipinski definition) is 0. The molecule has 32 heavy (non-hydrogen) atoms. The van der Waals surface area contributed by atoms with E-state index in [9.17, 15) is 9.59 Å². The zero-order valence-corrected chi connectivity index (χ0v) is 20.1. The summed E-state index contributed by atoms with van der Waals surface area (Å²) in [5.41, 5.74) is 2.30. The summed E-state index contributed by atoms with van der Waals surface area (Å²) in [6, 6.07) is 8.97. The average molecular weight is 457 g/mol. The van der Waals surface area contributed by atoms with Crippen LogP contribution in [0.5, 0.6) is 0 Å². The number of halogens is 1. The minimum absolute atomic E-state index is 0.234. The molecular weight excluding hydrogens is 428 g/mol. The van der Waals surface area contributed by atoms with Gasteiger partial charge >= 0.3 is 5.97 Å². The maximum absolute atomic E-state index is 12.9. The number of carbonyl (C=O) groups is 2. The highest BCUT2D eigenvalue weighted by Crippen LogP contribution is 2.35. The summed E-state index contributed by atoms with van der Waals surface area (Å²) >= 11 is 6.12. The van der Waals surface area contributed by atoms with Gasteiger partial charge in [-0.05, 0) is 44.5 Å². The molecule has 0 aliphatic heterocycles. The summed E-state index contributed by atoms with van der Waals surface area (Å²) in [6.45, 7) is 5.81. The van der Waals surface area contributed by atoms with E-state index in [-0.39, 0.29) is 6.54 Å². The van der Waals surface area contributed by atoms with Gasteiger partial charge in [0.25, 0.3) is 0 Å². The number of aromatic nitrogens is 1. The number of esters is 1. The summed E-state index contributed by atoms with van der Waals surface area (Å²) in [5, 5.41) is 0.565. The van der Waals surface area contributed by atoms with E-state index in [2.05, 4.69) is 5.92 Å². The van der Waals surface area contributed by atoms with Crippen LogP contribution >= 0.6 is 11.6 Å². The maximum Gasteiger partial charge on any atom is 0.341 e. The molecule has 0 fully saturated rings. The molecule has 1 aromatic carbocycles. The number of carbonyl (C=O) groups excluding carboxylic acids is 2. The number of hydrogen-bond acceptors (Lipinski definition) is 5. The van der Waals surface area contributed by atoms with Gasteiger partial charge in [-0.25, -0.2) is 4.79 Å². The van der Waals surface area contributed by atoms with Gasteiger partial charge in [0.05, 0.1) is 30.6 Å². The van der Waals surface area contributed by atoms with Crippen LogP contribution in [0.1, 0.15) is 42.4 Å². The molecule has 7 heteroatoms. The Morgan fingerprint density at radius 3 is 2.34 bits per heavy atom. The van der Waals surface area contributed by atoms with Crippen molar-refractivity contribution in [3.05, 3.63) is 64.1 Å². The number of benzene rings is 1. The molecule has 170 valence electrons. The van der Waals surface area contributed by atoms with Crippen LogP contribution in [0.25, 0.3) is 5.57 Å². The molecule has 6 nitrogen and oxygen atoms in total. The SMILES string of the molecule is C#CCn1ccc(/C(=C(/C(OC(C)(C)C)C(=O)OC)N(C)C)c2ccc(Cl)cc2)c1C=O. The van der Waals surface area contributed by atoms with Gasteiger partial charge in [-0.15, -0.1) is 6.42 Å². The van der Waals surface area contributed by atoms with Crippen LogP contribution in [0.2, 0.25) is 5.02 Å². The number of nitrogens with zero attached hydrogens (tertiary/aromatic N) is 2. The molecule has 0 saturated carbocycles. The highest BCUT2D eigenvalue weighted by atomic mass is 35.5. The minimum Gasteiger partial charge on any atom is -0.467 e. The third-order valence-corrected chi connectivity index (χ3v) is 4.91. The highest BCUT2D eigenvalue weighted by molar-refractivity contribution is 6.30. The van der Waals surface area contributed by atoms with Crippen LogP contribution in [0.15, 0.2) is 42.2 Å². The Hall–Kier alpha value is -3.01. The van der Waals surface area contributed by atoms with E-state index in [1.807, 2.05) is 47.0 Å². The van der Waals surface area contributed by atoms with E-state index in [4.69, 9.17) is 27.5 Å². The van der Waals surface area contributed by atoms with Gasteiger partial charge in [0.15, 0.2) is 12.4 Å². The Morgan fingerprint density at radius 1 is 1.25 bits per heavy atom. The summed E-state index contributed by atoms with van der Waals surface area (Å²) in [6.07, 6.45) is 6.94. The van der Waals surface area contributed by atoms with E-state index < -0.39 is 17.7 Å². The molecule has 0 saturated heterocycles. The normalized spacial score (nSPS) is 13.1. The fourth-order valence-electron chi connectivity index (χ4n) is 3.39. The topological polar surface area (TPSA) is 60.8 Å². The van der Waals surface area contributed by atoms with Crippen molar-refractivity contribution in [1.82, 2.24) is 9.47 Å². The zero-order valence-electron chi connectivity index (χ0n) is 19.3. The van der Waals surface area contributed by atoms with Crippen LogP contribution in [-0.2, 0) is 20.8 Å². The predicted octanol–water partition coefficient (Wildman–Crippen LogP) is 4.26. The largest absolute Gasteiger partial charge is 0.467 e. The first kappa shape index (κ1) is 25.3.